The van der Waals surface area contributed by atoms with Crippen LogP contribution in [0.1, 0.15) is 5.56 Å². The zero-order valence-electron chi connectivity index (χ0n) is 32.2. The third kappa shape index (κ3) is 5.55. The molecule has 0 radical (unpaired) electrons. The number of hydrogen-bond donors (Lipinski definition) is 0. The van der Waals surface area contributed by atoms with Gasteiger partial charge in [-0.05, 0) is 114 Å². The van der Waals surface area contributed by atoms with Gasteiger partial charge in [-0.15, -0.1) is 0 Å². The minimum absolute atomic E-state index is 1.11. The molecule has 272 valence electrons. The summed E-state index contributed by atoms with van der Waals surface area (Å²) in [5.41, 5.74) is 12.0. The maximum Gasteiger partial charge on any atom is 0.0540 e. The van der Waals surface area contributed by atoms with Gasteiger partial charge in [0, 0.05) is 16.5 Å². The predicted molar refractivity (Wildman–Crippen MR) is 250 cm³/mol. The van der Waals surface area contributed by atoms with Crippen LogP contribution in [-0.2, 0) is 0 Å². The average Bonchev–Trinajstić information content (AvgIpc) is 3.29. The van der Waals surface area contributed by atoms with E-state index in [-0.39, 0.29) is 0 Å². The molecule has 0 saturated heterocycles. The molecule has 0 aliphatic heterocycles. The fourth-order valence-corrected chi connectivity index (χ4v) is 9.21. The van der Waals surface area contributed by atoms with E-state index in [0.717, 1.165) is 17.1 Å². The first kappa shape index (κ1) is 33.8. The molecule has 0 unspecified atom stereocenters. The Bertz CT molecular complexity index is 3240. The van der Waals surface area contributed by atoms with Crippen molar-refractivity contribution in [1.82, 2.24) is 0 Å². The van der Waals surface area contributed by atoms with Gasteiger partial charge in [0.25, 0.3) is 0 Å². The number of rotatable bonds is 6. The summed E-state index contributed by atoms with van der Waals surface area (Å²) in [6, 6.07) is 80.4. The second-order valence-corrected chi connectivity index (χ2v) is 15.3. The van der Waals surface area contributed by atoms with Gasteiger partial charge in [0.05, 0.1) is 11.4 Å². The van der Waals surface area contributed by atoms with Crippen LogP contribution in [-0.4, -0.2) is 0 Å². The zero-order chi connectivity index (χ0) is 38.6. The van der Waals surface area contributed by atoms with Gasteiger partial charge in [-0.3, -0.25) is 0 Å². The number of benzene rings is 11. The highest BCUT2D eigenvalue weighted by molar-refractivity contribution is 6.33. The average molecular weight is 738 g/mol. The molecular formula is C57H39N. The molecule has 11 rings (SSSR count). The predicted octanol–water partition coefficient (Wildman–Crippen LogP) is 16.2. The zero-order valence-corrected chi connectivity index (χ0v) is 32.2. The fourth-order valence-electron chi connectivity index (χ4n) is 9.21. The minimum atomic E-state index is 1.11. The SMILES string of the molecule is Cc1ccc(-c2cc(-c3ccccc3)c3c4ccccc4c4cc(N(c5cccc6ccccc56)c5cccc6ccccc56)ccc4c3c2-c2ccccc2)cc1. The Morgan fingerprint density at radius 1 is 0.310 bits per heavy atom. The van der Waals surface area contributed by atoms with E-state index >= 15 is 0 Å². The van der Waals surface area contributed by atoms with Gasteiger partial charge in [0.2, 0.25) is 0 Å². The van der Waals surface area contributed by atoms with Crippen molar-refractivity contribution in [2.45, 2.75) is 6.92 Å². The van der Waals surface area contributed by atoms with Crippen molar-refractivity contribution in [3.05, 3.63) is 224 Å². The van der Waals surface area contributed by atoms with Crippen molar-refractivity contribution < 1.29 is 0 Å². The molecule has 0 saturated carbocycles. The van der Waals surface area contributed by atoms with Crippen LogP contribution in [0.2, 0.25) is 0 Å². The molecule has 0 heterocycles. The minimum Gasteiger partial charge on any atom is -0.309 e. The van der Waals surface area contributed by atoms with Crippen molar-refractivity contribution >= 4 is 70.9 Å². The van der Waals surface area contributed by atoms with Gasteiger partial charge in [0.15, 0.2) is 0 Å². The largest absolute Gasteiger partial charge is 0.309 e. The first-order chi connectivity index (χ1) is 28.7. The van der Waals surface area contributed by atoms with Gasteiger partial charge < -0.3 is 4.90 Å². The summed E-state index contributed by atoms with van der Waals surface area (Å²) in [7, 11) is 0. The van der Waals surface area contributed by atoms with Gasteiger partial charge in [-0.1, -0.05) is 194 Å². The van der Waals surface area contributed by atoms with Gasteiger partial charge in [-0.25, -0.2) is 0 Å². The first-order valence-corrected chi connectivity index (χ1v) is 20.1. The standard InChI is InChI=1S/C57H39N/c1-38-30-32-42(33-31-38)50-37-51(41-16-4-2-5-17-41)56-48-27-13-12-26-47(48)52-36-44(34-35-49(52)57(56)55(50)43-20-6-3-7-21-43)58(53-28-14-22-39-18-8-10-24-45(39)53)54-29-15-23-40-19-9-11-25-46(40)54/h2-37H,1H3. The van der Waals surface area contributed by atoms with E-state index in [1.165, 1.54) is 92.8 Å². The molecule has 0 bridgehead atoms. The van der Waals surface area contributed by atoms with Gasteiger partial charge in [0.1, 0.15) is 0 Å². The lowest BCUT2D eigenvalue weighted by atomic mass is 9.81. The molecule has 0 N–H and O–H groups in total. The molecule has 0 amide bonds. The highest BCUT2D eigenvalue weighted by Gasteiger charge is 2.24. The highest BCUT2D eigenvalue weighted by Crippen LogP contribution is 2.50. The molecule has 0 atom stereocenters. The Hall–Kier alpha value is -7.48. The summed E-state index contributed by atoms with van der Waals surface area (Å²) in [4.78, 5) is 2.47. The lowest BCUT2D eigenvalue weighted by Gasteiger charge is -2.29. The maximum atomic E-state index is 2.47. The van der Waals surface area contributed by atoms with E-state index in [2.05, 4.69) is 230 Å². The quantitative estimate of drug-likeness (QED) is 0.154. The molecular weight excluding hydrogens is 699 g/mol. The molecule has 0 aliphatic carbocycles. The molecule has 1 heteroatoms. The number of nitrogens with zero attached hydrogens (tertiary/aromatic N) is 1. The summed E-state index contributed by atoms with van der Waals surface area (Å²) >= 11 is 0. The van der Waals surface area contributed by atoms with Crippen LogP contribution in [0.25, 0.3) is 87.2 Å². The van der Waals surface area contributed by atoms with Crippen molar-refractivity contribution in [3.8, 4) is 33.4 Å². The van der Waals surface area contributed by atoms with Crippen molar-refractivity contribution in [2.24, 2.45) is 0 Å². The molecule has 11 aromatic carbocycles. The fraction of sp³-hybridized carbons (Fsp3) is 0.0175. The Morgan fingerprint density at radius 3 is 1.45 bits per heavy atom. The number of aryl methyl sites for hydroxylation is 1. The Morgan fingerprint density at radius 2 is 0.810 bits per heavy atom. The molecule has 0 aliphatic rings. The number of anilines is 3. The monoisotopic (exact) mass is 737 g/mol. The lowest BCUT2D eigenvalue weighted by molar-refractivity contribution is 1.32. The van der Waals surface area contributed by atoms with Crippen molar-refractivity contribution in [2.75, 3.05) is 4.90 Å². The van der Waals surface area contributed by atoms with Crippen LogP contribution in [0.4, 0.5) is 17.1 Å². The molecule has 58 heavy (non-hydrogen) atoms. The number of fused-ring (bicyclic) bond motifs is 8. The highest BCUT2D eigenvalue weighted by atomic mass is 15.1. The van der Waals surface area contributed by atoms with E-state index in [4.69, 9.17) is 0 Å². The topological polar surface area (TPSA) is 3.24 Å². The van der Waals surface area contributed by atoms with Gasteiger partial charge >= 0.3 is 0 Å². The van der Waals surface area contributed by atoms with Gasteiger partial charge in [-0.2, -0.15) is 0 Å². The Balaban J connectivity index is 1.31. The smallest absolute Gasteiger partial charge is 0.0540 e. The van der Waals surface area contributed by atoms with Crippen LogP contribution in [0, 0.1) is 6.92 Å². The molecule has 0 fully saturated rings. The lowest BCUT2D eigenvalue weighted by Crippen LogP contribution is -2.11. The van der Waals surface area contributed by atoms with E-state index in [1.54, 1.807) is 0 Å². The summed E-state index contributed by atoms with van der Waals surface area (Å²) < 4.78 is 0. The second kappa shape index (κ2) is 13.9. The Kier molecular flexibility index (Phi) is 8.12. The van der Waals surface area contributed by atoms with E-state index < -0.39 is 0 Å². The van der Waals surface area contributed by atoms with Crippen LogP contribution < -0.4 is 4.90 Å². The Labute approximate surface area is 338 Å². The first-order valence-electron chi connectivity index (χ1n) is 20.1. The van der Waals surface area contributed by atoms with Crippen LogP contribution >= 0.6 is 0 Å². The van der Waals surface area contributed by atoms with E-state index in [1.807, 2.05) is 0 Å². The molecule has 0 spiro atoms. The summed E-state index contributed by atoms with van der Waals surface area (Å²) in [5.74, 6) is 0. The van der Waals surface area contributed by atoms with Crippen LogP contribution in [0.5, 0.6) is 0 Å². The second-order valence-electron chi connectivity index (χ2n) is 15.3. The number of hydrogen-bond acceptors (Lipinski definition) is 1. The normalized spacial score (nSPS) is 11.5. The van der Waals surface area contributed by atoms with Crippen LogP contribution in [0.3, 0.4) is 0 Å². The maximum absolute atomic E-state index is 2.47. The third-order valence-electron chi connectivity index (χ3n) is 11.9. The summed E-state index contributed by atoms with van der Waals surface area (Å²) in [5, 5.41) is 12.3. The van der Waals surface area contributed by atoms with Crippen LogP contribution in [0.15, 0.2) is 218 Å². The van der Waals surface area contributed by atoms with Crippen molar-refractivity contribution in [3.63, 3.8) is 0 Å². The van der Waals surface area contributed by atoms with E-state index in [9.17, 15) is 0 Å². The summed E-state index contributed by atoms with van der Waals surface area (Å²) in [6.07, 6.45) is 0. The third-order valence-corrected chi connectivity index (χ3v) is 11.9. The van der Waals surface area contributed by atoms with E-state index in [0.29, 0.717) is 0 Å². The molecule has 1 nitrogen and oxygen atoms in total. The summed E-state index contributed by atoms with van der Waals surface area (Å²) in [6.45, 7) is 2.16. The molecule has 11 aromatic rings. The molecule has 0 aromatic heterocycles. The van der Waals surface area contributed by atoms with Crippen molar-refractivity contribution in [1.29, 1.82) is 0 Å².